The Morgan fingerprint density at radius 3 is 1.91 bits per heavy atom. The lowest BCUT2D eigenvalue weighted by Gasteiger charge is -2.15. The Balaban J connectivity index is 0.000000229. The molecule has 0 N–H and O–H groups in total. The third kappa shape index (κ3) is 4.85. The molecule has 0 radical (unpaired) electrons. The molecule has 0 nitrogen and oxygen atoms in total. The van der Waals surface area contributed by atoms with Crippen molar-refractivity contribution < 1.29 is 13.2 Å². The van der Waals surface area contributed by atoms with Crippen molar-refractivity contribution in [2.24, 2.45) is 5.92 Å². The summed E-state index contributed by atoms with van der Waals surface area (Å²) in [6.07, 6.45) is 7.44. The van der Waals surface area contributed by atoms with Crippen LogP contribution in [0, 0.1) is 30.3 Å². The number of hydrogen-bond acceptors (Lipinski definition) is 0. The molecule has 0 saturated heterocycles. The molecule has 0 atom stereocenters. The van der Waals surface area contributed by atoms with Crippen LogP contribution in [0.25, 0.3) is 11.1 Å². The molecule has 0 spiro atoms. The first-order valence-electron chi connectivity index (χ1n) is 8.19. The predicted octanol–water partition coefficient (Wildman–Crippen LogP) is 6.67. The molecule has 2 aromatic carbocycles. The summed E-state index contributed by atoms with van der Waals surface area (Å²) in [7, 11) is 0. The van der Waals surface area contributed by atoms with Gasteiger partial charge in [-0.05, 0) is 30.5 Å². The van der Waals surface area contributed by atoms with Gasteiger partial charge in [-0.25, -0.2) is 13.2 Å². The van der Waals surface area contributed by atoms with E-state index in [-0.39, 0.29) is 5.56 Å². The van der Waals surface area contributed by atoms with Crippen LogP contribution in [0.3, 0.4) is 0 Å². The van der Waals surface area contributed by atoms with Gasteiger partial charge in [0, 0.05) is 5.56 Å². The van der Waals surface area contributed by atoms with Crippen molar-refractivity contribution in [2.45, 2.75) is 46.0 Å². The summed E-state index contributed by atoms with van der Waals surface area (Å²) in [5, 5.41) is 0. The molecule has 23 heavy (non-hydrogen) atoms. The Hall–Kier alpha value is -1.77. The highest BCUT2D eigenvalue weighted by Crippen LogP contribution is 2.26. The van der Waals surface area contributed by atoms with Crippen molar-refractivity contribution in [3.8, 4) is 11.1 Å². The van der Waals surface area contributed by atoms with Crippen LogP contribution in [0.2, 0.25) is 0 Å². The number of rotatable bonds is 1. The first-order chi connectivity index (χ1) is 11.0. The van der Waals surface area contributed by atoms with Crippen LogP contribution >= 0.6 is 0 Å². The molecule has 3 rings (SSSR count). The van der Waals surface area contributed by atoms with Crippen molar-refractivity contribution >= 4 is 0 Å². The van der Waals surface area contributed by atoms with Gasteiger partial charge in [0.25, 0.3) is 0 Å². The zero-order chi connectivity index (χ0) is 16.8. The maximum absolute atomic E-state index is 13.4. The zero-order valence-corrected chi connectivity index (χ0v) is 13.7. The minimum Gasteiger partial charge on any atom is -0.204 e. The number of hydrogen-bond donors (Lipinski definition) is 0. The van der Waals surface area contributed by atoms with E-state index in [0.29, 0.717) is 5.56 Å². The fourth-order valence-corrected chi connectivity index (χ4v) is 2.79. The van der Waals surface area contributed by atoms with Crippen LogP contribution < -0.4 is 0 Å². The summed E-state index contributed by atoms with van der Waals surface area (Å²) in [6.45, 7) is 4.25. The molecular weight excluding hydrogens is 297 g/mol. The zero-order valence-electron chi connectivity index (χ0n) is 13.7. The summed E-state index contributed by atoms with van der Waals surface area (Å²) in [5.41, 5.74) is 1.62. The Labute approximate surface area is 136 Å². The molecule has 2 aromatic rings. The van der Waals surface area contributed by atoms with Gasteiger partial charge in [-0.2, -0.15) is 0 Å². The van der Waals surface area contributed by atoms with Gasteiger partial charge >= 0.3 is 0 Å². The van der Waals surface area contributed by atoms with Gasteiger partial charge in [0.15, 0.2) is 17.5 Å². The van der Waals surface area contributed by atoms with Gasteiger partial charge < -0.3 is 0 Å². The molecule has 1 fully saturated rings. The maximum atomic E-state index is 13.4. The fourth-order valence-electron chi connectivity index (χ4n) is 2.79. The molecule has 0 heterocycles. The van der Waals surface area contributed by atoms with Crippen LogP contribution in [0.4, 0.5) is 13.2 Å². The minimum absolute atomic E-state index is 0.0684. The topological polar surface area (TPSA) is 0 Å². The quantitative estimate of drug-likeness (QED) is 0.515. The standard InChI is InChI=1S/C13H9F3.C7H14/c1-8-2-4-9(5-3-8)10-6-7-11(14)13(16)12(10)15;1-7-5-3-2-4-6-7/h2-7H,1H3;7H,2-6H2,1H3. The van der Waals surface area contributed by atoms with Gasteiger partial charge in [0.1, 0.15) is 0 Å². The van der Waals surface area contributed by atoms with Crippen molar-refractivity contribution in [2.75, 3.05) is 0 Å². The van der Waals surface area contributed by atoms with Crippen molar-refractivity contribution in [1.82, 2.24) is 0 Å². The number of benzene rings is 2. The lowest BCUT2D eigenvalue weighted by Crippen LogP contribution is -1.99. The van der Waals surface area contributed by atoms with Crippen LogP contribution in [0.5, 0.6) is 0 Å². The average molecular weight is 320 g/mol. The van der Waals surface area contributed by atoms with Gasteiger partial charge in [0.2, 0.25) is 0 Å². The van der Waals surface area contributed by atoms with Crippen LogP contribution in [0.1, 0.15) is 44.6 Å². The van der Waals surface area contributed by atoms with Gasteiger partial charge in [-0.1, -0.05) is 68.9 Å². The Morgan fingerprint density at radius 2 is 1.39 bits per heavy atom. The van der Waals surface area contributed by atoms with E-state index in [9.17, 15) is 13.2 Å². The molecule has 1 aliphatic carbocycles. The van der Waals surface area contributed by atoms with Crippen LogP contribution in [-0.4, -0.2) is 0 Å². The van der Waals surface area contributed by atoms with E-state index >= 15 is 0 Å². The van der Waals surface area contributed by atoms with Crippen molar-refractivity contribution in [1.29, 1.82) is 0 Å². The highest BCUT2D eigenvalue weighted by molar-refractivity contribution is 5.64. The van der Waals surface area contributed by atoms with Crippen LogP contribution in [-0.2, 0) is 0 Å². The van der Waals surface area contributed by atoms with Crippen molar-refractivity contribution in [3.63, 3.8) is 0 Å². The first kappa shape index (κ1) is 17.6. The molecule has 0 unspecified atom stereocenters. The summed E-state index contributed by atoms with van der Waals surface area (Å²) in [4.78, 5) is 0. The molecule has 0 aromatic heterocycles. The second kappa shape index (κ2) is 8.19. The second-order valence-corrected chi connectivity index (χ2v) is 6.33. The summed E-state index contributed by atoms with van der Waals surface area (Å²) in [5.74, 6) is -2.72. The smallest absolute Gasteiger partial charge is 0.195 e. The molecule has 0 aliphatic heterocycles. The van der Waals surface area contributed by atoms with E-state index in [1.54, 1.807) is 24.3 Å². The Morgan fingerprint density at radius 1 is 0.783 bits per heavy atom. The van der Waals surface area contributed by atoms with E-state index in [1.165, 1.54) is 38.2 Å². The molecule has 3 heteroatoms. The Bertz CT molecular complexity index is 626. The van der Waals surface area contributed by atoms with Crippen LogP contribution in [0.15, 0.2) is 36.4 Å². The largest absolute Gasteiger partial charge is 0.204 e. The van der Waals surface area contributed by atoms with E-state index in [1.807, 2.05) is 6.92 Å². The SMILES string of the molecule is CC1CCCCC1.Cc1ccc(-c2ccc(F)c(F)c2F)cc1. The number of aryl methyl sites for hydroxylation is 1. The van der Waals surface area contributed by atoms with Gasteiger partial charge in [-0.15, -0.1) is 0 Å². The third-order valence-corrected chi connectivity index (χ3v) is 4.29. The average Bonchev–Trinajstić information content (AvgIpc) is 2.55. The minimum atomic E-state index is -1.43. The lowest BCUT2D eigenvalue weighted by molar-refractivity contribution is 0.385. The molecule has 1 saturated carbocycles. The second-order valence-electron chi connectivity index (χ2n) is 6.33. The highest BCUT2D eigenvalue weighted by Gasteiger charge is 2.14. The molecule has 124 valence electrons. The predicted molar refractivity (Wildman–Crippen MR) is 88.7 cm³/mol. The lowest BCUT2D eigenvalue weighted by atomic mass is 9.91. The summed E-state index contributed by atoms with van der Waals surface area (Å²) < 4.78 is 39.2. The highest BCUT2D eigenvalue weighted by atomic mass is 19.2. The molecular formula is C20H23F3. The number of halogens is 3. The Kier molecular flexibility index (Phi) is 6.26. The van der Waals surface area contributed by atoms with Crippen molar-refractivity contribution in [3.05, 3.63) is 59.4 Å². The van der Waals surface area contributed by atoms with E-state index in [0.717, 1.165) is 17.5 Å². The van der Waals surface area contributed by atoms with E-state index in [2.05, 4.69) is 6.92 Å². The summed E-state index contributed by atoms with van der Waals surface area (Å²) in [6, 6.07) is 9.08. The molecule has 0 amide bonds. The first-order valence-corrected chi connectivity index (χ1v) is 8.19. The summed E-state index contributed by atoms with van der Waals surface area (Å²) >= 11 is 0. The normalized spacial score (nSPS) is 15.0. The van der Waals surface area contributed by atoms with Gasteiger partial charge in [-0.3, -0.25) is 0 Å². The molecule has 1 aliphatic rings. The van der Waals surface area contributed by atoms with E-state index < -0.39 is 17.5 Å². The van der Waals surface area contributed by atoms with E-state index in [4.69, 9.17) is 0 Å². The maximum Gasteiger partial charge on any atom is 0.195 e. The monoisotopic (exact) mass is 320 g/mol. The molecule has 0 bridgehead atoms. The fraction of sp³-hybridized carbons (Fsp3) is 0.400. The third-order valence-electron chi connectivity index (χ3n) is 4.29. The van der Waals surface area contributed by atoms with Gasteiger partial charge in [0.05, 0.1) is 0 Å².